The van der Waals surface area contributed by atoms with Gasteiger partial charge in [0.25, 0.3) is 0 Å². The zero-order valence-corrected chi connectivity index (χ0v) is 29.0. The van der Waals surface area contributed by atoms with E-state index in [-0.39, 0.29) is 18.6 Å². The van der Waals surface area contributed by atoms with Crippen LogP contribution in [0.1, 0.15) is 58.5 Å². The Hall–Kier alpha value is -2.26. The first-order chi connectivity index (χ1) is 23.7. The summed E-state index contributed by atoms with van der Waals surface area (Å²) in [6, 6.07) is 20.0. The van der Waals surface area contributed by atoms with Crippen molar-refractivity contribution in [1.29, 1.82) is 0 Å². The monoisotopic (exact) mass is 682 g/mol. The van der Waals surface area contributed by atoms with Crippen molar-refractivity contribution in [2.75, 3.05) is 19.8 Å². The van der Waals surface area contributed by atoms with Gasteiger partial charge >= 0.3 is 0 Å². The van der Waals surface area contributed by atoms with Crippen LogP contribution in [0.2, 0.25) is 0 Å². The van der Waals surface area contributed by atoms with Gasteiger partial charge in [0.15, 0.2) is 30.9 Å². The van der Waals surface area contributed by atoms with E-state index in [0.29, 0.717) is 26.2 Å². The van der Waals surface area contributed by atoms with Gasteiger partial charge in [-0.3, -0.25) is 0 Å². The lowest BCUT2D eigenvalue weighted by molar-refractivity contribution is -0.336. The molecule has 13 atom stereocenters. The van der Waals surface area contributed by atoms with Crippen molar-refractivity contribution in [2.24, 2.45) is 5.92 Å². The lowest BCUT2D eigenvalue weighted by Gasteiger charge is -2.46. The highest BCUT2D eigenvalue weighted by Gasteiger charge is 2.60. The van der Waals surface area contributed by atoms with Crippen LogP contribution in [0.3, 0.4) is 0 Å². The molecule has 0 saturated carbocycles. The van der Waals surface area contributed by atoms with Gasteiger partial charge < -0.3 is 52.1 Å². The van der Waals surface area contributed by atoms with Crippen molar-refractivity contribution in [3.05, 3.63) is 84.4 Å². The van der Waals surface area contributed by atoms with E-state index in [1.54, 1.807) is 6.08 Å². The molecule has 0 aliphatic carbocycles. The molecular formula is C38H50O11. The number of hydrogen-bond acceptors (Lipinski definition) is 11. The van der Waals surface area contributed by atoms with E-state index in [2.05, 4.69) is 13.5 Å². The Bertz CT molecular complexity index is 1380. The maximum absolute atomic E-state index is 6.89. The lowest BCUT2D eigenvalue weighted by atomic mass is 9.94. The Kier molecular flexibility index (Phi) is 10.6. The third-order valence-corrected chi connectivity index (χ3v) is 10.1. The minimum Gasteiger partial charge on any atom is -0.368 e. The van der Waals surface area contributed by atoms with E-state index in [4.69, 9.17) is 52.1 Å². The molecule has 0 aromatic heterocycles. The molecule has 11 heteroatoms. The SMILES string of the molecule is C=CCO[C@@H]1O[C@H](C)[C@H](O[C@@H]2OC[C@@H](OCc3ccccc3)C(O[C@@H]3OC[C@]4(CC)O[C@@H](c5ccccc5)OC34)C2C)C2OC(C)(C)OC21. The van der Waals surface area contributed by atoms with E-state index in [0.717, 1.165) is 11.1 Å². The molecule has 11 nitrogen and oxygen atoms in total. The van der Waals surface area contributed by atoms with Crippen LogP contribution < -0.4 is 0 Å². The van der Waals surface area contributed by atoms with Crippen LogP contribution >= 0.6 is 0 Å². The quantitative estimate of drug-likeness (QED) is 0.268. The minimum atomic E-state index is -0.840. The first-order valence-electron chi connectivity index (χ1n) is 17.5. The molecule has 5 saturated heterocycles. The Morgan fingerprint density at radius 2 is 1.53 bits per heavy atom. The molecule has 2 aromatic rings. The fourth-order valence-electron chi connectivity index (χ4n) is 7.49. The topological polar surface area (TPSA) is 102 Å². The zero-order chi connectivity index (χ0) is 34.2. The summed E-state index contributed by atoms with van der Waals surface area (Å²) in [5.74, 6) is -1.12. The van der Waals surface area contributed by atoms with Crippen LogP contribution in [0, 0.1) is 5.92 Å². The fraction of sp³-hybridized carbons (Fsp3) is 0.632. The van der Waals surface area contributed by atoms with Crippen LogP contribution in [0.15, 0.2) is 73.3 Å². The number of hydrogen-bond donors (Lipinski definition) is 0. The molecule has 5 heterocycles. The third-order valence-electron chi connectivity index (χ3n) is 10.1. The van der Waals surface area contributed by atoms with Crippen molar-refractivity contribution >= 4 is 0 Å². The van der Waals surface area contributed by atoms with Gasteiger partial charge in [-0.1, -0.05) is 80.6 Å². The van der Waals surface area contributed by atoms with Gasteiger partial charge in [-0.25, -0.2) is 0 Å². The molecule has 0 amide bonds. The van der Waals surface area contributed by atoms with Gasteiger partial charge in [0.05, 0.1) is 38.6 Å². The molecule has 0 spiro atoms. The second-order valence-corrected chi connectivity index (χ2v) is 14.0. The van der Waals surface area contributed by atoms with Crippen molar-refractivity contribution in [2.45, 2.75) is 127 Å². The summed E-state index contributed by atoms with van der Waals surface area (Å²) in [6.45, 7) is 14.9. The summed E-state index contributed by atoms with van der Waals surface area (Å²) in [5, 5.41) is 0. The Labute approximate surface area is 289 Å². The normalized spacial score (nSPS) is 41.3. The Morgan fingerprint density at radius 3 is 2.27 bits per heavy atom. The second-order valence-electron chi connectivity index (χ2n) is 14.0. The van der Waals surface area contributed by atoms with E-state index in [1.165, 1.54) is 0 Å². The third kappa shape index (κ3) is 7.27. The average Bonchev–Trinajstić information content (AvgIpc) is 3.76. The van der Waals surface area contributed by atoms with Crippen LogP contribution in [-0.2, 0) is 58.7 Å². The molecule has 2 aromatic carbocycles. The molecule has 0 N–H and O–H groups in total. The smallest absolute Gasteiger partial charge is 0.187 e. The summed E-state index contributed by atoms with van der Waals surface area (Å²) in [4.78, 5) is 0. The standard InChI is InChI=1S/C38H50O11/c1-7-19-39-35-31-30(47-37(5,6)48-31)29(24(4)43-35)45-33-23(3)28(27(21-41-33)40-20-25-15-11-9-12-16-25)44-36-32-38(8-2,22-42-36)49-34(46-32)26-17-13-10-14-18-26/h7,9-18,23-24,27-36H,1,8,19-22H2,2-6H3/t23?,24-,27-,28?,29+,30?,31?,32?,33+,34+,35-,36+,38+/m1/s1. The summed E-state index contributed by atoms with van der Waals surface area (Å²) in [5.41, 5.74) is 1.39. The van der Waals surface area contributed by atoms with Gasteiger partial charge in [-0.2, -0.15) is 0 Å². The number of rotatable bonds is 12. The molecule has 7 rings (SSSR count). The molecule has 49 heavy (non-hydrogen) atoms. The highest BCUT2D eigenvalue weighted by atomic mass is 16.8. The summed E-state index contributed by atoms with van der Waals surface area (Å²) >= 11 is 0. The molecule has 5 unspecified atom stereocenters. The number of benzene rings is 2. The van der Waals surface area contributed by atoms with E-state index >= 15 is 0 Å². The van der Waals surface area contributed by atoms with Crippen molar-refractivity contribution in [3.63, 3.8) is 0 Å². The molecule has 0 bridgehead atoms. The van der Waals surface area contributed by atoms with Gasteiger partial charge in [0, 0.05) is 11.5 Å². The lowest BCUT2D eigenvalue weighted by Crippen LogP contribution is -2.60. The van der Waals surface area contributed by atoms with Crippen LogP contribution in [-0.4, -0.2) is 92.8 Å². The molecule has 5 aliphatic rings. The molecule has 5 aliphatic heterocycles. The van der Waals surface area contributed by atoms with Gasteiger partial charge in [0.1, 0.15) is 36.1 Å². The second kappa shape index (κ2) is 14.8. The Balaban J connectivity index is 1.10. The van der Waals surface area contributed by atoms with Gasteiger partial charge in [-0.05, 0) is 32.8 Å². The first kappa shape index (κ1) is 35.2. The average molecular weight is 683 g/mol. The summed E-state index contributed by atoms with van der Waals surface area (Å²) in [6.07, 6.45) is -3.19. The van der Waals surface area contributed by atoms with E-state index in [1.807, 2.05) is 88.4 Å². The summed E-state index contributed by atoms with van der Waals surface area (Å²) < 4.78 is 70.8. The largest absolute Gasteiger partial charge is 0.368 e. The van der Waals surface area contributed by atoms with Crippen LogP contribution in [0.25, 0.3) is 0 Å². The van der Waals surface area contributed by atoms with E-state index < -0.39 is 73.2 Å². The molecular weight excluding hydrogens is 632 g/mol. The Morgan fingerprint density at radius 1 is 0.816 bits per heavy atom. The van der Waals surface area contributed by atoms with Crippen LogP contribution in [0.4, 0.5) is 0 Å². The predicted molar refractivity (Wildman–Crippen MR) is 176 cm³/mol. The van der Waals surface area contributed by atoms with Crippen LogP contribution in [0.5, 0.6) is 0 Å². The van der Waals surface area contributed by atoms with Crippen molar-refractivity contribution in [3.8, 4) is 0 Å². The van der Waals surface area contributed by atoms with Gasteiger partial charge in [0.2, 0.25) is 0 Å². The predicted octanol–water partition coefficient (Wildman–Crippen LogP) is 5.42. The number of fused-ring (bicyclic) bond motifs is 2. The highest BCUT2D eigenvalue weighted by molar-refractivity contribution is 5.18. The zero-order valence-electron chi connectivity index (χ0n) is 29.0. The van der Waals surface area contributed by atoms with E-state index in [9.17, 15) is 0 Å². The first-order valence-corrected chi connectivity index (χ1v) is 17.5. The van der Waals surface area contributed by atoms with Crippen molar-refractivity contribution in [1.82, 2.24) is 0 Å². The fourth-order valence-corrected chi connectivity index (χ4v) is 7.49. The molecule has 268 valence electrons. The summed E-state index contributed by atoms with van der Waals surface area (Å²) in [7, 11) is 0. The van der Waals surface area contributed by atoms with Gasteiger partial charge in [-0.15, -0.1) is 6.58 Å². The molecule has 0 radical (unpaired) electrons. The molecule has 5 fully saturated rings. The van der Waals surface area contributed by atoms with Crippen molar-refractivity contribution < 1.29 is 52.1 Å². The highest BCUT2D eigenvalue weighted by Crippen LogP contribution is 2.48. The number of ether oxygens (including phenoxy) is 11. The maximum atomic E-state index is 6.89. The maximum Gasteiger partial charge on any atom is 0.187 e. The minimum absolute atomic E-state index is 0.247.